The van der Waals surface area contributed by atoms with E-state index >= 15 is 0 Å². The van der Waals surface area contributed by atoms with Crippen molar-refractivity contribution in [3.63, 3.8) is 0 Å². The fourth-order valence-electron chi connectivity index (χ4n) is 0.536. The summed E-state index contributed by atoms with van der Waals surface area (Å²) < 4.78 is 56.1. The summed E-state index contributed by atoms with van der Waals surface area (Å²) >= 11 is 0. The highest BCUT2D eigenvalue weighted by Crippen LogP contribution is 2.26. The van der Waals surface area contributed by atoms with E-state index in [1.807, 2.05) is 0 Å². The predicted molar refractivity (Wildman–Crippen MR) is 36.0 cm³/mol. The smallest absolute Gasteiger partial charge is 0.383 e. The number of ether oxygens (including phenoxy) is 2. The lowest BCUT2D eigenvalue weighted by Gasteiger charge is -2.21. The van der Waals surface area contributed by atoms with Crippen molar-refractivity contribution in [3.05, 3.63) is 0 Å². The maximum absolute atomic E-state index is 12.4. The summed E-state index contributed by atoms with van der Waals surface area (Å²) in [6.45, 7) is -4.18. The molecular formula is C6H10F4O4. The molecule has 0 atom stereocenters. The van der Waals surface area contributed by atoms with Crippen LogP contribution in [0, 0.1) is 0 Å². The molecular weight excluding hydrogens is 212 g/mol. The van der Waals surface area contributed by atoms with Crippen LogP contribution < -0.4 is 0 Å². The van der Waals surface area contributed by atoms with Crippen LogP contribution in [-0.4, -0.2) is 48.9 Å². The standard InChI is InChI=1S/C6H10F4O4/c7-5(8,3-12)14-6(9,10)4-13-2-1-11/h11-12H,1-4H2. The first kappa shape index (κ1) is 13.6. The highest BCUT2D eigenvalue weighted by molar-refractivity contribution is 4.57. The third-order valence-corrected chi connectivity index (χ3v) is 0.988. The molecule has 0 saturated heterocycles. The Morgan fingerprint density at radius 3 is 2.00 bits per heavy atom. The Morgan fingerprint density at radius 2 is 1.57 bits per heavy atom. The molecule has 0 bridgehead atoms. The minimum Gasteiger partial charge on any atom is -0.394 e. The average molecular weight is 222 g/mol. The number of aliphatic hydroxyl groups is 2. The van der Waals surface area contributed by atoms with Gasteiger partial charge in [-0.2, -0.15) is 17.6 Å². The lowest BCUT2D eigenvalue weighted by Crippen LogP contribution is -2.39. The molecule has 0 fully saturated rings. The molecule has 14 heavy (non-hydrogen) atoms. The first-order valence-corrected chi connectivity index (χ1v) is 3.58. The number of aliphatic hydroxyl groups excluding tert-OH is 2. The van der Waals surface area contributed by atoms with Gasteiger partial charge in [-0.05, 0) is 0 Å². The third kappa shape index (κ3) is 6.08. The Labute approximate surface area is 77.0 Å². The van der Waals surface area contributed by atoms with Gasteiger partial charge >= 0.3 is 12.2 Å². The molecule has 0 aromatic heterocycles. The summed E-state index contributed by atoms with van der Waals surface area (Å²) in [5, 5.41) is 16.1. The van der Waals surface area contributed by atoms with Crippen LogP contribution in [0.5, 0.6) is 0 Å². The van der Waals surface area contributed by atoms with Crippen LogP contribution in [0.3, 0.4) is 0 Å². The fourth-order valence-corrected chi connectivity index (χ4v) is 0.536. The zero-order chi connectivity index (χ0) is 11.2. The predicted octanol–water partition coefficient (Wildman–Crippen LogP) is 0.190. The summed E-state index contributed by atoms with van der Waals surface area (Å²) in [5.41, 5.74) is 0. The topological polar surface area (TPSA) is 58.9 Å². The molecule has 0 aromatic rings. The van der Waals surface area contributed by atoms with Gasteiger partial charge in [0, 0.05) is 0 Å². The van der Waals surface area contributed by atoms with Gasteiger partial charge in [0.05, 0.1) is 13.2 Å². The van der Waals surface area contributed by atoms with Crippen molar-refractivity contribution in [2.45, 2.75) is 12.2 Å². The van der Waals surface area contributed by atoms with Crippen LogP contribution in [0.4, 0.5) is 17.6 Å². The SMILES string of the molecule is OCCOCC(F)(F)OC(F)(F)CO. The minimum absolute atomic E-state index is 0.413. The molecule has 0 amide bonds. The van der Waals surface area contributed by atoms with Crippen LogP contribution in [-0.2, 0) is 9.47 Å². The molecule has 0 heterocycles. The largest absolute Gasteiger partial charge is 0.394 e. The summed E-state index contributed by atoms with van der Waals surface area (Å²) in [5.74, 6) is 0. The Bertz CT molecular complexity index is 164. The van der Waals surface area contributed by atoms with Crippen molar-refractivity contribution in [2.75, 3.05) is 26.4 Å². The van der Waals surface area contributed by atoms with E-state index in [0.717, 1.165) is 0 Å². The average Bonchev–Trinajstić information content (AvgIpc) is 2.03. The lowest BCUT2D eigenvalue weighted by atomic mass is 10.6. The highest BCUT2D eigenvalue weighted by atomic mass is 19.3. The number of alkyl halides is 4. The van der Waals surface area contributed by atoms with Crippen molar-refractivity contribution in [3.8, 4) is 0 Å². The van der Waals surface area contributed by atoms with E-state index in [1.165, 1.54) is 0 Å². The number of hydrogen-bond donors (Lipinski definition) is 2. The Kier molecular flexibility index (Phi) is 5.27. The van der Waals surface area contributed by atoms with Gasteiger partial charge < -0.3 is 14.9 Å². The molecule has 0 aliphatic carbocycles. The summed E-state index contributed by atoms with van der Waals surface area (Å²) in [6.07, 6.45) is -8.52. The van der Waals surface area contributed by atoms with Crippen LogP contribution in [0.1, 0.15) is 0 Å². The first-order chi connectivity index (χ1) is 6.33. The van der Waals surface area contributed by atoms with E-state index in [9.17, 15) is 17.6 Å². The third-order valence-electron chi connectivity index (χ3n) is 0.988. The van der Waals surface area contributed by atoms with E-state index in [2.05, 4.69) is 9.47 Å². The molecule has 0 rings (SSSR count). The molecule has 0 radical (unpaired) electrons. The maximum Gasteiger partial charge on any atom is 0.383 e. The van der Waals surface area contributed by atoms with Crippen molar-refractivity contribution in [2.24, 2.45) is 0 Å². The van der Waals surface area contributed by atoms with Gasteiger partial charge in [-0.1, -0.05) is 0 Å². The molecule has 4 nitrogen and oxygen atoms in total. The Morgan fingerprint density at radius 1 is 1.00 bits per heavy atom. The van der Waals surface area contributed by atoms with Crippen molar-refractivity contribution in [1.82, 2.24) is 0 Å². The number of rotatable bonds is 7. The molecule has 0 saturated carbocycles. The quantitative estimate of drug-likeness (QED) is 0.477. The maximum atomic E-state index is 12.4. The van der Waals surface area contributed by atoms with E-state index in [0.29, 0.717) is 0 Å². The fraction of sp³-hybridized carbons (Fsp3) is 1.00. The zero-order valence-electron chi connectivity index (χ0n) is 7.05. The van der Waals surface area contributed by atoms with Crippen molar-refractivity contribution in [1.29, 1.82) is 0 Å². The van der Waals surface area contributed by atoms with Crippen molar-refractivity contribution < 1.29 is 37.2 Å². The van der Waals surface area contributed by atoms with E-state index < -0.39 is 38.6 Å². The van der Waals surface area contributed by atoms with Gasteiger partial charge in [0.25, 0.3) is 0 Å². The van der Waals surface area contributed by atoms with E-state index in [4.69, 9.17) is 10.2 Å². The summed E-state index contributed by atoms with van der Waals surface area (Å²) in [6, 6.07) is 0. The number of hydrogen-bond acceptors (Lipinski definition) is 4. The van der Waals surface area contributed by atoms with Gasteiger partial charge in [-0.15, -0.1) is 0 Å². The second-order valence-corrected chi connectivity index (χ2v) is 2.31. The van der Waals surface area contributed by atoms with Crippen LogP contribution in [0.2, 0.25) is 0 Å². The van der Waals surface area contributed by atoms with Gasteiger partial charge in [0.15, 0.2) is 0 Å². The van der Waals surface area contributed by atoms with Crippen LogP contribution >= 0.6 is 0 Å². The van der Waals surface area contributed by atoms with Gasteiger partial charge in [0.1, 0.15) is 13.2 Å². The Hall–Kier alpha value is -0.440. The lowest BCUT2D eigenvalue weighted by molar-refractivity contribution is -0.391. The molecule has 0 aliphatic rings. The second-order valence-electron chi connectivity index (χ2n) is 2.31. The molecule has 2 N–H and O–H groups in total. The van der Waals surface area contributed by atoms with Gasteiger partial charge in [0.2, 0.25) is 0 Å². The number of halogens is 4. The van der Waals surface area contributed by atoms with Crippen LogP contribution in [0.15, 0.2) is 0 Å². The first-order valence-electron chi connectivity index (χ1n) is 3.58. The normalized spacial score (nSPS) is 13.3. The second kappa shape index (κ2) is 5.44. The molecule has 0 aromatic carbocycles. The molecule has 86 valence electrons. The van der Waals surface area contributed by atoms with E-state index in [1.54, 1.807) is 0 Å². The highest BCUT2D eigenvalue weighted by Gasteiger charge is 2.43. The van der Waals surface area contributed by atoms with Gasteiger partial charge in [-0.3, -0.25) is 4.74 Å². The van der Waals surface area contributed by atoms with E-state index in [-0.39, 0.29) is 0 Å². The van der Waals surface area contributed by atoms with Gasteiger partial charge in [-0.25, -0.2) is 0 Å². The summed E-state index contributed by atoms with van der Waals surface area (Å²) in [7, 11) is 0. The monoisotopic (exact) mass is 222 g/mol. The summed E-state index contributed by atoms with van der Waals surface area (Å²) in [4.78, 5) is 0. The van der Waals surface area contributed by atoms with Crippen molar-refractivity contribution >= 4 is 0 Å². The molecule has 0 aliphatic heterocycles. The molecule has 8 heteroatoms. The van der Waals surface area contributed by atoms with Crippen LogP contribution in [0.25, 0.3) is 0 Å². The Balaban J connectivity index is 3.93. The minimum atomic E-state index is -4.31. The zero-order valence-corrected chi connectivity index (χ0v) is 7.05. The molecule has 0 unspecified atom stereocenters. The molecule has 0 spiro atoms.